The zero-order valence-electron chi connectivity index (χ0n) is 15.6. The standard InChI is InChI=1S/C21H25N5O/c1-14-6-7-15(13-20(22)27)19(12-14)25-10-8-16(9-11-25)26-18-5-3-2-4-17(18)24-21(26)23/h2-7,12,16H,8-11,13H2,1H3,(H2,22,27)(H2,23,24). The molecule has 0 bridgehead atoms. The Kier molecular flexibility index (Phi) is 4.48. The van der Waals surface area contributed by atoms with Crippen LogP contribution in [0.2, 0.25) is 0 Å². The molecule has 1 amide bonds. The van der Waals surface area contributed by atoms with E-state index >= 15 is 0 Å². The second kappa shape index (κ2) is 6.95. The molecule has 27 heavy (non-hydrogen) atoms. The van der Waals surface area contributed by atoms with E-state index < -0.39 is 0 Å². The van der Waals surface area contributed by atoms with Gasteiger partial charge in [-0.25, -0.2) is 4.98 Å². The van der Waals surface area contributed by atoms with Gasteiger partial charge in [0, 0.05) is 24.8 Å². The number of rotatable bonds is 4. The summed E-state index contributed by atoms with van der Waals surface area (Å²) < 4.78 is 2.17. The highest BCUT2D eigenvalue weighted by molar-refractivity contribution is 5.79. The van der Waals surface area contributed by atoms with Gasteiger partial charge in [0.1, 0.15) is 0 Å². The first-order valence-corrected chi connectivity index (χ1v) is 9.38. The molecule has 1 aliphatic rings. The number of aromatic nitrogens is 2. The number of amides is 1. The van der Waals surface area contributed by atoms with Gasteiger partial charge in [-0.05, 0) is 49.1 Å². The molecule has 3 aromatic rings. The molecular formula is C21H25N5O. The lowest BCUT2D eigenvalue weighted by atomic mass is 10.00. The van der Waals surface area contributed by atoms with Crippen LogP contribution in [0.15, 0.2) is 42.5 Å². The molecular weight excluding hydrogens is 338 g/mol. The molecule has 140 valence electrons. The first-order chi connectivity index (χ1) is 13.0. The Morgan fingerprint density at radius 1 is 1.19 bits per heavy atom. The fourth-order valence-electron chi connectivity index (χ4n) is 4.12. The number of fused-ring (bicyclic) bond motifs is 1. The normalized spacial score (nSPS) is 15.4. The van der Waals surface area contributed by atoms with Gasteiger partial charge < -0.3 is 20.9 Å². The van der Waals surface area contributed by atoms with Crippen molar-refractivity contribution in [2.45, 2.75) is 32.2 Å². The summed E-state index contributed by atoms with van der Waals surface area (Å²) in [5, 5.41) is 0. The maximum atomic E-state index is 11.4. The largest absolute Gasteiger partial charge is 0.371 e. The zero-order valence-corrected chi connectivity index (χ0v) is 15.6. The predicted octanol–water partition coefficient (Wildman–Crippen LogP) is 2.80. The van der Waals surface area contributed by atoms with Crippen molar-refractivity contribution in [3.63, 3.8) is 0 Å². The lowest BCUT2D eigenvalue weighted by Crippen LogP contribution is -2.35. The summed E-state index contributed by atoms with van der Waals surface area (Å²) >= 11 is 0. The molecule has 0 spiro atoms. The smallest absolute Gasteiger partial charge is 0.221 e. The number of nitrogens with zero attached hydrogens (tertiary/aromatic N) is 3. The lowest BCUT2D eigenvalue weighted by molar-refractivity contribution is -0.117. The van der Waals surface area contributed by atoms with Gasteiger partial charge in [-0.3, -0.25) is 4.79 Å². The van der Waals surface area contributed by atoms with Crippen molar-refractivity contribution in [1.29, 1.82) is 0 Å². The third-order valence-corrected chi connectivity index (χ3v) is 5.40. The third-order valence-electron chi connectivity index (χ3n) is 5.40. The Morgan fingerprint density at radius 2 is 1.93 bits per heavy atom. The SMILES string of the molecule is Cc1ccc(CC(N)=O)c(N2CCC(n3c(N)nc4ccccc43)CC2)c1. The number of nitrogen functional groups attached to an aromatic ring is 1. The van der Waals surface area contributed by atoms with Crippen molar-refractivity contribution >= 4 is 28.6 Å². The van der Waals surface area contributed by atoms with Gasteiger partial charge in [-0.15, -0.1) is 0 Å². The number of piperidine rings is 1. The fourth-order valence-corrected chi connectivity index (χ4v) is 4.12. The van der Waals surface area contributed by atoms with E-state index in [0.29, 0.717) is 12.0 Å². The third kappa shape index (κ3) is 3.35. The van der Waals surface area contributed by atoms with Crippen LogP contribution in [-0.4, -0.2) is 28.5 Å². The number of primary amides is 1. The van der Waals surface area contributed by atoms with Crippen LogP contribution >= 0.6 is 0 Å². The van der Waals surface area contributed by atoms with Crippen molar-refractivity contribution in [3.8, 4) is 0 Å². The van der Waals surface area contributed by atoms with Gasteiger partial charge >= 0.3 is 0 Å². The summed E-state index contributed by atoms with van der Waals surface area (Å²) in [7, 11) is 0. The molecule has 0 unspecified atom stereocenters. The molecule has 1 saturated heterocycles. The van der Waals surface area contributed by atoms with Crippen molar-refractivity contribution in [1.82, 2.24) is 9.55 Å². The Hall–Kier alpha value is -3.02. The van der Waals surface area contributed by atoms with Gasteiger partial charge in [-0.1, -0.05) is 24.3 Å². The predicted molar refractivity (Wildman–Crippen MR) is 109 cm³/mol. The zero-order chi connectivity index (χ0) is 19.0. The highest BCUT2D eigenvalue weighted by atomic mass is 16.1. The molecule has 1 fully saturated rings. The van der Waals surface area contributed by atoms with Gasteiger partial charge in [-0.2, -0.15) is 0 Å². The van der Waals surface area contributed by atoms with E-state index in [0.717, 1.165) is 48.2 Å². The molecule has 0 saturated carbocycles. The van der Waals surface area contributed by atoms with E-state index in [9.17, 15) is 4.79 Å². The summed E-state index contributed by atoms with van der Waals surface area (Å²) in [6.45, 7) is 3.89. The Bertz CT molecular complexity index is 985. The van der Waals surface area contributed by atoms with Crippen LogP contribution in [-0.2, 0) is 11.2 Å². The second-order valence-electron chi connectivity index (χ2n) is 7.32. The van der Waals surface area contributed by atoms with Crippen LogP contribution in [0, 0.1) is 6.92 Å². The monoisotopic (exact) mass is 363 g/mol. The van der Waals surface area contributed by atoms with Gasteiger partial charge in [0.25, 0.3) is 0 Å². The van der Waals surface area contributed by atoms with Crippen molar-refractivity contribution in [3.05, 3.63) is 53.6 Å². The van der Waals surface area contributed by atoms with Crippen molar-refractivity contribution in [2.75, 3.05) is 23.7 Å². The minimum atomic E-state index is -0.298. The van der Waals surface area contributed by atoms with Gasteiger partial charge in [0.15, 0.2) is 0 Å². The second-order valence-corrected chi connectivity index (χ2v) is 7.32. The highest BCUT2D eigenvalue weighted by Gasteiger charge is 2.25. The molecule has 0 atom stereocenters. The summed E-state index contributed by atoms with van der Waals surface area (Å²) in [6, 6.07) is 14.6. The average Bonchev–Trinajstić information content (AvgIpc) is 2.99. The maximum Gasteiger partial charge on any atom is 0.221 e. The molecule has 2 heterocycles. The average molecular weight is 363 g/mol. The molecule has 6 heteroatoms. The first-order valence-electron chi connectivity index (χ1n) is 9.38. The summed E-state index contributed by atoms with van der Waals surface area (Å²) in [6.07, 6.45) is 2.23. The molecule has 4 rings (SSSR count). The number of aryl methyl sites for hydroxylation is 1. The van der Waals surface area contributed by atoms with Gasteiger partial charge in [0.2, 0.25) is 11.9 Å². The summed E-state index contributed by atoms with van der Waals surface area (Å²) in [5.41, 5.74) is 17.0. The number of benzene rings is 2. The number of nitrogens with two attached hydrogens (primary N) is 2. The summed E-state index contributed by atoms with van der Waals surface area (Å²) in [5.74, 6) is 0.285. The minimum absolute atomic E-state index is 0.272. The maximum absolute atomic E-state index is 11.4. The lowest BCUT2D eigenvalue weighted by Gasteiger charge is -2.36. The number of hydrogen-bond acceptors (Lipinski definition) is 4. The molecule has 0 radical (unpaired) electrons. The summed E-state index contributed by atoms with van der Waals surface area (Å²) in [4.78, 5) is 18.3. The van der Waals surface area contributed by atoms with Crippen LogP contribution in [0.4, 0.5) is 11.6 Å². The van der Waals surface area contributed by atoms with E-state index in [1.54, 1.807) is 0 Å². The van der Waals surface area contributed by atoms with E-state index in [2.05, 4.69) is 33.5 Å². The van der Waals surface area contributed by atoms with Gasteiger partial charge in [0.05, 0.1) is 17.5 Å². The van der Waals surface area contributed by atoms with Crippen LogP contribution in [0.25, 0.3) is 11.0 Å². The molecule has 0 aliphatic carbocycles. The number of imidazole rings is 1. The number of carbonyl (C=O) groups excluding carboxylic acids is 1. The van der Waals surface area contributed by atoms with Crippen molar-refractivity contribution < 1.29 is 4.79 Å². The molecule has 1 aromatic heterocycles. The number of para-hydroxylation sites is 2. The quantitative estimate of drug-likeness (QED) is 0.746. The number of anilines is 2. The fraction of sp³-hybridized carbons (Fsp3) is 0.333. The van der Waals surface area contributed by atoms with Crippen molar-refractivity contribution in [2.24, 2.45) is 5.73 Å². The minimum Gasteiger partial charge on any atom is -0.371 e. The molecule has 6 nitrogen and oxygen atoms in total. The van der Waals surface area contributed by atoms with E-state index in [1.165, 1.54) is 5.56 Å². The molecule has 2 aromatic carbocycles. The Balaban J connectivity index is 1.57. The highest BCUT2D eigenvalue weighted by Crippen LogP contribution is 2.33. The number of carbonyl (C=O) groups is 1. The first kappa shape index (κ1) is 17.4. The Labute approximate surface area is 158 Å². The van der Waals surface area contributed by atoms with Crippen LogP contribution in [0.3, 0.4) is 0 Å². The van der Waals surface area contributed by atoms with E-state index in [-0.39, 0.29) is 12.3 Å². The Morgan fingerprint density at radius 3 is 2.67 bits per heavy atom. The topological polar surface area (TPSA) is 90.2 Å². The van der Waals surface area contributed by atoms with E-state index in [1.807, 2.05) is 30.3 Å². The van der Waals surface area contributed by atoms with Crippen LogP contribution in [0.1, 0.15) is 30.0 Å². The number of hydrogen-bond donors (Lipinski definition) is 2. The van der Waals surface area contributed by atoms with E-state index in [4.69, 9.17) is 11.5 Å². The van der Waals surface area contributed by atoms with Crippen LogP contribution < -0.4 is 16.4 Å². The van der Waals surface area contributed by atoms with Crippen LogP contribution in [0.5, 0.6) is 0 Å². The molecule has 1 aliphatic heterocycles. The molecule has 4 N–H and O–H groups in total.